The van der Waals surface area contributed by atoms with E-state index in [0.29, 0.717) is 0 Å². The summed E-state index contributed by atoms with van der Waals surface area (Å²) in [6.45, 7) is 0. The van der Waals surface area contributed by atoms with Crippen molar-refractivity contribution in [2.24, 2.45) is 0 Å². The Hall–Kier alpha value is -1.57. The van der Waals surface area contributed by atoms with Crippen LogP contribution in [0, 0.1) is 0 Å². The Morgan fingerprint density at radius 2 is 1.91 bits per heavy atom. The summed E-state index contributed by atoms with van der Waals surface area (Å²) in [4.78, 5) is 10.2. The smallest absolute Gasteiger partial charge is 0.262 e. The van der Waals surface area contributed by atoms with Gasteiger partial charge in [-0.2, -0.15) is 0 Å². The highest BCUT2D eigenvalue weighted by molar-refractivity contribution is 5.89. The number of amides is 1. The molecule has 0 fully saturated rings. The van der Waals surface area contributed by atoms with Crippen molar-refractivity contribution in [3.8, 4) is 0 Å². The molecular formula is C9H8NO. The fourth-order valence-corrected chi connectivity index (χ4v) is 0.736. The number of nitrogens with one attached hydrogen (secondary N) is 1. The molecule has 0 aliphatic rings. The number of carbonyl (C=O) groups excluding carboxylic acids is 1. The van der Waals surface area contributed by atoms with E-state index < -0.39 is 5.91 Å². The summed E-state index contributed by atoms with van der Waals surface area (Å²) in [5.74, 6) is -0.672. The largest absolute Gasteiger partial charge is 0.268 e. The fourth-order valence-electron chi connectivity index (χ4n) is 0.736. The summed E-state index contributed by atoms with van der Waals surface area (Å²) in [5, 5.41) is 0. The molecule has 1 N–H and O–H groups in total. The van der Waals surface area contributed by atoms with Gasteiger partial charge in [-0.05, 0) is 11.6 Å². The number of rotatable bonds is 2. The van der Waals surface area contributed by atoms with Crippen LogP contribution in [0.15, 0.2) is 36.4 Å². The molecule has 2 heteroatoms. The maximum atomic E-state index is 10.2. The van der Waals surface area contributed by atoms with E-state index in [2.05, 4.69) is 0 Å². The van der Waals surface area contributed by atoms with Crippen molar-refractivity contribution in [3.05, 3.63) is 42.0 Å². The Bertz CT molecular complexity index is 264. The first-order valence-corrected chi connectivity index (χ1v) is 3.28. The summed E-state index contributed by atoms with van der Waals surface area (Å²) in [6, 6.07) is 9.42. The molecule has 0 aliphatic heterocycles. The van der Waals surface area contributed by atoms with E-state index >= 15 is 0 Å². The van der Waals surface area contributed by atoms with Crippen molar-refractivity contribution in [2.75, 3.05) is 0 Å². The van der Waals surface area contributed by atoms with Crippen LogP contribution in [-0.4, -0.2) is 5.91 Å². The van der Waals surface area contributed by atoms with Crippen molar-refractivity contribution in [2.45, 2.75) is 0 Å². The molecule has 11 heavy (non-hydrogen) atoms. The summed E-state index contributed by atoms with van der Waals surface area (Å²) in [5.41, 5.74) is 7.54. The average Bonchev–Trinajstić information content (AvgIpc) is 2.03. The van der Waals surface area contributed by atoms with Gasteiger partial charge < -0.3 is 0 Å². The van der Waals surface area contributed by atoms with E-state index in [1.54, 1.807) is 6.08 Å². The first kappa shape index (κ1) is 7.54. The topological polar surface area (TPSA) is 40.9 Å². The Kier molecular flexibility index (Phi) is 2.44. The molecule has 0 aliphatic carbocycles. The molecule has 1 aromatic rings. The van der Waals surface area contributed by atoms with Gasteiger partial charge in [0, 0.05) is 6.08 Å². The van der Waals surface area contributed by atoms with Crippen molar-refractivity contribution in [1.82, 2.24) is 5.73 Å². The summed E-state index contributed by atoms with van der Waals surface area (Å²) in [7, 11) is 0. The van der Waals surface area contributed by atoms with Crippen LogP contribution in [0.5, 0.6) is 0 Å². The summed E-state index contributed by atoms with van der Waals surface area (Å²) < 4.78 is 0. The van der Waals surface area contributed by atoms with Crippen LogP contribution in [0.1, 0.15) is 5.56 Å². The molecule has 1 aromatic carbocycles. The summed E-state index contributed by atoms with van der Waals surface area (Å²) >= 11 is 0. The van der Waals surface area contributed by atoms with Crippen molar-refractivity contribution < 1.29 is 4.79 Å². The Morgan fingerprint density at radius 3 is 2.45 bits per heavy atom. The van der Waals surface area contributed by atoms with Crippen LogP contribution in [-0.2, 0) is 4.79 Å². The van der Waals surface area contributed by atoms with Gasteiger partial charge >= 0.3 is 0 Å². The van der Waals surface area contributed by atoms with E-state index in [1.807, 2.05) is 30.3 Å². The van der Waals surface area contributed by atoms with Gasteiger partial charge in [-0.3, -0.25) is 10.5 Å². The zero-order valence-corrected chi connectivity index (χ0v) is 5.95. The van der Waals surface area contributed by atoms with Gasteiger partial charge in [0.25, 0.3) is 5.91 Å². The second-order valence-electron chi connectivity index (χ2n) is 2.11. The molecule has 2 nitrogen and oxygen atoms in total. The molecule has 0 heterocycles. The third kappa shape index (κ3) is 2.67. The molecule has 1 radical (unpaired) electrons. The van der Waals surface area contributed by atoms with E-state index in [1.165, 1.54) is 6.08 Å². The lowest BCUT2D eigenvalue weighted by atomic mass is 10.2. The maximum absolute atomic E-state index is 10.2. The van der Waals surface area contributed by atoms with Crippen LogP contribution in [0.25, 0.3) is 6.08 Å². The molecule has 0 aromatic heterocycles. The third-order valence-electron chi connectivity index (χ3n) is 1.23. The number of carbonyl (C=O) groups is 1. The minimum atomic E-state index is -0.672. The normalized spacial score (nSPS) is 10.2. The highest BCUT2D eigenvalue weighted by Crippen LogP contribution is 1.99. The first-order valence-electron chi connectivity index (χ1n) is 3.28. The van der Waals surface area contributed by atoms with Gasteiger partial charge in [-0.15, -0.1) is 0 Å². The van der Waals surface area contributed by atoms with E-state index in [-0.39, 0.29) is 0 Å². The van der Waals surface area contributed by atoms with E-state index in [9.17, 15) is 4.79 Å². The van der Waals surface area contributed by atoms with Crippen LogP contribution in [0.4, 0.5) is 0 Å². The number of benzene rings is 1. The van der Waals surface area contributed by atoms with Gasteiger partial charge in [0.2, 0.25) is 0 Å². The lowest BCUT2D eigenvalue weighted by molar-refractivity contribution is -0.114. The van der Waals surface area contributed by atoms with Gasteiger partial charge in [-0.25, -0.2) is 0 Å². The molecule has 0 atom stereocenters. The SMILES string of the molecule is [NH]C(=O)C=Cc1ccccc1. The molecule has 0 saturated heterocycles. The van der Waals surface area contributed by atoms with Gasteiger partial charge in [0.1, 0.15) is 0 Å². The molecular weight excluding hydrogens is 138 g/mol. The highest BCUT2D eigenvalue weighted by atomic mass is 16.1. The second-order valence-corrected chi connectivity index (χ2v) is 2.11. The van der Waals surface area contributed by atoms with Crippen LogP contribution >= 0.6 is 0 Å². The Labute approximate surface area is 65.3 Å². The van der Waals surface area contributed by atoms with Crippen molar-refractivity contribution >= 4 is 12.0 Å². The van der Waals surface area contributed by atoms with Crippen molar-refractivity contribution in [3.63, 3.8) is 0 Å². The monoisotopic (exact) mass is 146 g/mol. The van der Waals surface area contributed by atoms with Crippen molar-refractivity contribution in [1.29, 1.82) is 0 Å². The predicted molar refractivity (Wildman–Crippen MR) is 43.6 cm³/mol. The number of hydrogen-bond donors (Lipinski definition) is 0. The molecule has 1 amide bonds. The molecule has 1 rings (SSSR count). The van der Waals surface area contributed by atoms with E-state index in [0.717, 1.165) is 5.56 Å². The molecule has 55 valence electrons. The van der Waals surface area contributed by atoms with Crippen LogP contribution < -0.4 is 5.73 Å². The molecule has 0 saturated carbocycles. The Morgan fingerprint density at radius 1 is 1.27 bits per heavy atom. The summed E-state index contributed by atoms with van der Waals surface area (Å²) in [6.07, 6.45) is 2.85. The van der Waals surface area contributed by atoms with Crippen LogP contribution in [0.3, 0.4) is 0 Å². The Balaban J connectivity index is 2.72. The zero-order chi connectivity index (χ0) is 8.10. The average molecular weight is 146 g/mol. The fraction of sp³-hybridized carbons (Fsp3) is 0. The second kappa shape index (κ2) is 3.56. The van der Waals surface area contributed by atoms with Gasteiger partial charge in [-0.1, -0.05) is 30.3 Å². The zero-order valence-electron chi connectivity index (χ0n) is 5.95. The van der Waals surface area contributed by atoms with Gasteiger partial charge in [0.15, 0.2) is 0 Å². The third-order valence-corrected chi connectivity index (χ3v) is 1.23. The van der Waals surface area contributed by atoms with Gasteiger partial charge in [0.05, 0.1) is 0 Å². The van der Waals surface area contributed by atoms with E-state index in [4.69, 9.17) is 5.73 Å². The lowest BCUT2D eigenvalue weighted by Gasteiger charge is -1.87. The van der Waals surface area contributed by atoms with Crippen LogP contribution in [0.2, 0.25) is 0 Å². The highest BCUT2D eigenvalue weighted by Gasteiger charge is 1.85. The minimum Gasteiger partial charge on any atom is -0.268 e. The number of hydrogen-bond acceptors (Lipinski definition) is 1. The maximum Gasteiger partial charge on any atom is 0.262 e. The molecule has 0 unspecified atom stereocenters. The standard InChI is InChI=1S/C9H8NO/c10-9(11)7-6-8-4-2-1-3-5-8/h1-7,10H. The predicted octanol–water partition coefficient (Wildman–Crippen LogP) is 1.51. The first-order chi connectivity index (χ1) is 5.29. The molecule has 0 bridgehead atoms. The lowest BCUT2D eigenvalue weighted by Crippen LogP contribution is -1.88. The molecule has 0 spiro atoms. The minimum absolute atomic E-state index is 0.672. The quantitative estimate of drug-likeness (QED) is 0.583.